The van der Waals surface area contributed by atoms with Crippen molar-refractivity contribution in [3.8, 4) is 22.9 Å². The molecule has 2 N–H and O–H groups in total. The topological polar surface area (TPSA) is 101 Å². The molecule has 36 heavy (non-hydrogen) atoms. The van der Waals surface area contributed by atoms with Crippen molar-refractivity contribution in [2.75, 3.05) is 38.2 Å². The third kappa shape index (κ3) is 5.30. The molecule has 1 unspecified atom stereocenters. The van der Waals surface area contributed by atoms with Crippen LogP contribution in [0.1, 0.15) is 12.5 Å². The molecule has 0 spiro atoms. The lowest BCUT2D eigenvalue weighted by atomic mass is 10.1. The van der Waals surface area contributed by atoms with Crippen LogP contribution in [-0.2, 0) is 12.7 Å². The molecule has 1 atom stereocenters. The first-order chi connectivity index (χ1) is 17.1. The highest BCUT2D eigenvalue weighted by Gasteiger charge is 2.35. The van der Waals surface area contributed by atoms with E-state index >= 15 is 0 Å². The van der Waals surface area contributed by atoms with E-state index < -0.39 is 23.8 Å². The Kier molecular flexibility index (Phi) is 6.93. The molecule has 0 amide bonds. The van der Waals surface area contributed by atoms with E-state index in [1.807, 2.05) is 38.4 Å². The number of ether oxygens (including phenoxy) is 2. The van der Waals surface area contributed by atoms with E-state index in [-0.39, 0.29) is 12.2 Å². The van der Waals surface area contributed by atoms with Crippen LogP contribution in [0, 0.1) is 0 Å². The molecule has 0 saturated carbocycles. The summed E-state index contributed by atoms with van der Waals surface area (Å²) in [6, 6.07) is 6.50. The molecule has 0 saturated heterocycles. The molecule has 3 heterocycles. The molecular formula is C23H26F3N7O3. The highest BCUT2D eigenvalue weighted by molar-refractivity contribution is 5.70. The van der Waals surface area contributed by atoms with Gasteiger partial charge in [-0.3, -0.25) is 0 Å². The Hall–Kier alpha value is -4.00. The molecule has 13 heteroatoms. The Morgan fingerprint density at radius 2 is 1.97 bits per heavy atom. The first-order valence-corrected chi connectivity index (χ1v) is 10.9. The van der Waals surface area contributed by atoms with Gasteiger partial charge in [-0.2, -0.15) is 13.2 Å². The normalized spacial score (nSPS) is 14.6. The maximum Gasteiger partial charge on any atom is 0.421 e. The van der Waals surface area contributed by atoms with Crippen molar-refractivity contribution in [2.24, 2.45) is 0 Å². The van der Waals surface area contributed by atoms with E-state index in [1.54, 1.807) is 13.3 Å². The van der Waals surface area contributed by atoms with Gasteiger partial charge in [-0.05, 0) is 25.1 Å². The monoisotopic (exact) mass is 505 g/mol. The first kappa shape index (κ1) is 25.1. The third-order valence-electron chi connectivity index (χ3n) is 5.68. The van der Waals surface area contributed by atoms with Crippen LogP contribution < -0.4 is 19.7 Å². The van der Waals surface area contributed by atoms with Crippen molar-refractivity contribution < 1.29 is 27.8 Å². The Balaban J connectivity index is 1.46. The van der Waals surface area contributed by atoms with E-state index in [0.29, 0.717) is 18.1 Å². The van der Waals surface area contributed by atoms with Gasteiger partial charge < -0.3 is 29.7 Å². The zero-order valence-corrected chi connectivity index (χ0v) is 20.1. The predicted molar refractivity (Wildman–Crippen MR) is 126 cm³/mol. The second-order valence-corrected chi connectivity index (χ2v) is 8.23. The number of methoxy groups -OCH3 is 2. The summed E-state index contributed by atoms with van der Waals surface area (Å²) in [5, 5.41) is 21.1. The summed E-state index contributed by atoms with van der Waals surface area (Å²) in [5.74, 6) is 0.114. The molecule has 1 aliphatic heterocycles. The number of halogens is 3. The Morgan fingerprint density at radius 3 is 2.61 bits per heavy atom. The molecule has 2 aromatic heterocycles. The Labute approximate surface area is 205 Å². The number of nitrogens with one attached hydrogen (secondary N) is 1. The van der Waals surface area contributed by atoms with Crippen molar-refractivity contribution in [2.45, 2.75) is 25.9 Å². The molecule has 1 aliphatic rings. The smallest absolute Gasteiger partial charge is 0.421 e. The largest absolute Gasteiger partial charge is 0.495 e. The fourth-order valence-corrected chi connectivity index (χ4v) is 3.76. The number of nitrogens with zero attached hydrogens (tertiary/aromatic N) is 6. The number of allylic oxidation sites excluding steroid dienone is 1. The van der Waals surface area contributed by atoms with Crippen LogP contribution in [0.15, 0.2) is 48.6 Å². The standard InChI is InChI=1S/C23H26F3N7O3/c1-14-10-32(13-31(14)2)19-6-5-15(7-20(19)35-3)18-11-33(30-29-18)12-21(34)28-16-8-17(23(24,25)26)22(36-4)27-9-16/h5-11,21,28,34H,12-13H2,1-4H3. The number of anilines is 2. The maximum atomic E-state index is 13.2. The molecule has 192 valence electrons. The summed E-state index contributed by atoms with van der Waals surface area (Å²) in [7, 11) is 4.71. The van der Waals surface area contributed by atoms with Crippen LogP contribution in [0.3, 0.4) is 0 Å². The second-order valence-electron chi connectivity index (χ2n) is 8.23. The zero-order valence-electron chi connectivity index (χ0n) is 20.1. The summed E-state index contributed by atoms with van der Waals surface area (Å²) in [4.78, 5) is 7.85. The summed E-state index contributed by atoms with van der Waals surface area (Å²) in [5.41, 5.74) is 2.27. The van der Waals surface area contributed by atoms with E-state index in [0.717, 1.165) is 36.3 Å². The van der Waals surface area contributed by atoms with E-state index in [4.69, 9.17) is 4.74 Å². The van der Waals surface area contributed by atoms with Gasteiger partial charge in [0.1, 0.15) is 23.2 Å². The molecule has 0 aliphatic carbocycles. The fraction of sp³-hybridized carbons (Fsp3) is 0.348. The summed E-state index contributed by atoms with van der Waals surface area (Å²) < 4.78 is 51.3. The number of rotatable bonds is 8. The van der Waals surface area contributed by atoms with Crippen molar-refractivity contribution in [1.82, 2.24) is 24.9 Å². The van der Waals surface area contributed by atoms with Crippen LogP contribution in [0.4, 0.5) is 24.5 Å². The minimum absolute atomic E-state index is 0.0202. The number of pyridine rings is 1. The molecule has 0 bridgehead atoms. The SMILES string of the molecule is COc1cc(-c2cn(CC(O)Nc3cnc(OC)c(C(F)(F)F)c3)nn2)ccc1N1C=C(C)N(C)C1. The van der Waals surface area contributed by atoms with Gasteiger partial charge in [-0.1, -0.05) is 11.3 Å². The summed E-state index contributed by atoms with van der Waals surface area (Å²) in [6.45, 7) is 2.67. The van der Waals surface area contributed by atoms with Crippen LogP contribution >= 0.6 is 0 Å². The number of aliphatic hydroxyl groups is 1. The van der Waals surface area contributed by atoms with Gasteiger partial charge in [0.2, 0.25) is 5.88 Å². The first-order valence-electron chi connectivity index (χ1n) is 10.9. The number of benzene rings is 1. The Bertz CT molecular complexity index is 1260. The average Bonchev–Trinajstić information content (AvgIpc) is 3.44. The molecule has 0 radical (unpaired) electrons. The van der Waals surface area contributed by atoms with Crippen molar-refractivity contribution >= 4 is 11.4 Å². The predicted octanol–water partition coefficient (Wildman–Crippen LogP) is 3.38. The van der Waals surface area contributed by atoms with E-state index in [9.17, 15) is 18.3 Å². The molecule has 10 nitrogen and oxygen atoms in total. The van der Waals surface area contributed by atoms with Gasteiger partial charge in [-0.15, -0.1) is 5.10 Å². The van der Waals surface area contributed by atoms with Crippen molar-refractivity contribution in [3.63, 3.8) is 0 Å². The highest BCUT2D eigenvalue weighted by Crippen LogP contribution is 2.37. The van der Waals surface area contributed by atoms with Crippen LogP contribution in [-0.4, -0.2) is 64.1 Å². The number of hydrogen-bond donors (Lipinski definition) is 2. The van der Waals surface area contributed by atoms with E-state index in [2.05, 4.69) is 35.1 Å². The highest BCUT2D eigenvalue weighted by atomic mass is 19.4. The minimum Gasteiger partial charge on any atom is -0.495 e. The van der Waals surface area contributed by atoms with Crippen molar-refractivity contribution in [3.05, 3.63) is 54.1 Å². The number of aromatic nitrogens is 4. The van der Waals surface area contributed by atoms with Crippen molar-refractivity contribution in [1.29, 1.82) is 0 Å². The quantitative estimate of drug-likeness (QED) is 0.446. The number of alkyl halides is 3. The molecular weight excluding hydrogens is 479 g/mol. The molecule has 1 aromatic carbocycles. The molecule has 0 fully saturated rings. The lowest BCUT2D eigenvalue weighted by Crippen LogP contribution is -2.25. The van der Waals surface area contributed by atoms with Gasteiger partial charge in [0.25, 0.3) is 0 Å². The van der Waals surface area contributed by atoms with Gasteiger partial charge in [0.15, 0.2) is 0 Å². The Morgan fingerprint density at radius 1 is 1.19 bits per heavy atom. The minimum atomic E-state index is -4.65. The third-order valence-corrected chi connectivity index (χ3v) is 5.68. The lowest BCUT2D eigenvalue weighted by Gasteiger charge is -2.21. The van der Waals surface area contributed by atoms with Crippen LogP contribution in [0.2, 0.25) is 0 Å². The summed E-state index contributed by atoms with van der Waals surface area (Å²) >= 11 is 0. The van der Waals surface area contributed by atoms with Crippen LogP contribution in [0.25, 0.3) is 11.3 Å². The number of aliphatic hydroxyl groups excluding tert-OH is 1. The number of hydrogen-bond acceptors (Lipinski definition) is 9. The van der Waals surface area contributed by atoms with Crippen LogP contribution in [0.5, 0.6) is 11.6 Å². The summed E-state index contributed by atoms with van der Waals surface area (Å²) in [6.07, 6.45) is -1.10. The van der Waals surface area contributed by atoms with Gasteiger partial charge in [0.05, 0.1) is 51.2 Å². The molecule has 4 rings (SSSR count). The van der Waals surface area contributed by atoms with E-state index in [1.165, 1.54) is 4.68 Å². The fourth-order valence-electron chi connectivity index (χ4n) is 3.76. The van der Waals surface area contributed by atoms with Gasteiger partial charge in [-0.25, -0.2) is 9.67 Å². The second kappa shape index (κ2) is 9.93. The van der Waals surface area contributed by atoms with Gasteiger partial charge in [0, 0.05) is 24.5 Å². The molecule has 3 aromatic rings. The lowest BCUT2D eigenvalue weighted by molar-refractivity contribution is -0.139. The average molecular weight is 506 g/mol. The van der Waals surface area contributed by atoms with Gasteiger partial charge >= 0.3 is 6.18 Å². The maximum absolute atomic E-state index is 13.2. The zero-order chi connectivity index (χ0) is 26.0.